The molecule has 0 radical (unpaired) electrons. The summed E-state index contributed by atoms with van der Waals surface area (Å²) in [6, 6.07) is 7.68. The van der Waals surface area contributed by atoms with Crippen LogP contribution in [0.3, 0.4) is 0 Å². The molecule has 0 aliphatic heterocycles. The fourth-order valence-electron chi connectivity index (χ4n) is 1.68. The minimum atomic E-state index is -0.202. The van der Waals surface area contributed by atoms with Crippen molar-refractivity contribution in [1.29, 1.82) is 0 Å². The van der Waals surface area contributed by atoms with Gasteiger partial charge in [-0.2, -0.15) is 0 Å². The lowest BCUT2D eigenvalue weighted by molar-refractivity contribution is 0.159. The Balaban J connectivity index is 2.18. The summed E-state index contributed by atoms with van der Waals surface area (Å²) in [4.78, 5) is 0. The molecule has 1 unspecified atom stereocenters. The second-order valence-corrected chi connectivity index (χ2v) is 4.33. The Morgan fingerprint density at radius 1 is 1.11 bits per heavy atom. The molecule has 108 valence electrons. The van der Waals surface area contributed by atoms with Gasteiger partial charge in [-0.05, 0) is 38.4 Å². The highest BCUT2D eigenvalue weighted by Gasteiger charge is 2.03. The van der Waals surface area contributed by atoms with Gasteiger partial charge in [0.1, 0.15) is 6.61 Å². The number of para-hydroxylation sites is 2. The standard InChI is InChI=1S/C15H25NO3/c1-3-13(17)9-10-16-11-12-19-15-8-6-5-7-14(15)18-4-2/h5-8,13,16-17H,3-4,9-12H2,1-2H3. The highest BCUT2D eigenvalue weighted by molar-refractivity contribution is 5.39. The van der Waals surface area contributed by atoms with Gasteiger partial charge in [0.25, 0.3) is 0 Å². The molecule has 0 aliphatic carbocycles. The van der Waals surface area contributed by atoms with Crippen molar-refractivity contribution in [1.82, 2.24) is 5.32 Å². The highest BCUT2D eigenvalue weighted by atomic mass is 16.5. The Kier molecular flexibility index (Phi) is 8.02. The first kappa shape index (κ1) is 15.8. The molecule has 0 saturated carbocycles. The maximum Gasteiger partial charge on any atom is 0.161 e. The average molecular weight is 267 g/mol. The van der Waals surface area contributed by atoms with Crippen molar-refractivity contribution in [3.63, 3.8) is 0 Å². The van der Waals surface area contributed by atoms with Crippen LogP contribution in [0.1, 0.15) is 26.7 Å². The molecule has 1 aromatic rings. The molecule has 0 bridgehead atoms. The predicted octanol–water partition coefficient (Wildman–Crippen LogP) is 2.21. The van der Waals surface area contributed by atoms with Gasteiger partial charge in [0, 0.05) is 6.54 Å². The number of benzene rings is 1. The van der Waals surface area contributed by atoms with Gasteiger partial charge < -0.3 is 19.9 Å². The van der Waals surface area contributed by atoms with Crippen molar-refractivity contribution in [2.45, 2.75) is 32.8 Å². The van der Waals surface area contributed by atoms with Gasteiger partial charge in [-0.3, -0.25) is 0 Å². The van der Waals surface area contributed by atoms with E-state index in [0.717, 1.165) is 37.4 Å². The lowest BCUT2D eigenvalue weighted by atomic mass is 10.2. The van der Waals surface area contributed by atoms with E-state index in [2.05, 4.69) is 5.32 Å². The topological polar surface area (TPSA) is 50.7 Å². The summed E-state index contributed by atoms with van der Waals surface area (Å²) in [5.41, 5.74) is 0. The van der Waals surface area contributed by atoms with E-state index in [1.165, 1.54) is 0 Å². The van der Waals surface area contributed by atoms with Gasteiger partial charge in [-0.1, -0.05) is 19.1 Å². The molecular formula is C15H25NO3. The average Bonchev–Trinajstić information content (AvgIpc) is 2.44. The zero-order valence-corrected chi connectivity index (χ0v) is 11.9. The number of rotatable bonds is 10. The van der Waals surface area contributed by atoms with E-state index in [4.69, 9.17) is 9.47 Å². The number of hydrogen-bond acceptors (Lipinski definition) is 4. The van der Waals surface area contributed by atoms with Crippen LogP contribution in [0.2, 0.25) is 0 Å². The summed E-state index contributed by atoms with van der Waals surface area (Å²) in [5, 5.41) is 12.6. The number of nitrogens with one attached hydrogen (secondary N) is 1. The van der Waals surface area contributed by atoms with Crippen LogP contribution >= 0.6 is 0 Å². The summed E-state index contributed by atoms with van der Waals surface area (Å²) < 4.78 is 11.2. The molecule has 1 rings (SSSR count). The molecule has 4 heteroatoms. The van der Waals surface area contributed by atoms with Crippen LogP contribution in [0.4, 0.5) is 0 Å². The molecule has 19 heavy (non-hydrogen) atoms. The molecule has 0 aromatic heterocycles. The minimum absolute atomic E-state index is 0.202. The Bertz CT molecular complexity index is 344. The molecule has 0 amide bonds. The molecule has 0 spiro atoms. The van der Waals surface area contributed by atoms with Crippen LogP contribution in [0.25, 0.3) is 0 Å². The Hall–Kier alpha value is -1.26. The third-order valence-corrected chi connectivity index (χ3v) is 2.81. The molecule has 2 N–H and O–H groups in total. The van der Waals surface area contributed by atoms with Crippen LogP contribution in [-0.2, 0) is 0 Å². The number of aliphatic hydroxyl groups excluding tert-OH is 1. The molecular weight excluding hydrogens is 242 g/mol. The third kappa shape index (κ3) is 6.45. The third-order valence-electron chi connectivity index (χ3n) is 2.81. The summed E-state index contributed by atoms with van der Waals surface area (Å²) in [5.74, 6) is 1.56. The number of hydrogen-bond donors (Lipinski definition) is 2. The van der Waals surface area contributed by atoms with Crippen molar-refractivity contribution in [2.75, 3.05) is 26.3 Å². The summed E-state index contributed by atoms with van der Waals surface area (Å²) >= 11 is 0. The van der Waals surface area contributed by atoms with Crippen molar-refractivity contribution in [2.24, 2.45) is 0 Å². The quantitative estimate of drug-likeness (QED) is 0.638. The van der Waals surface area contributed by atoms with Crippen molar-refractivity contribution in [3.05, 3.63) is 24.3 Å². The van der Waals surface area contributed by atoms with E-state index in [0.29, 0.717) is 13.2 Å². The lowest BCUT2D eigenvalue weighted by Gasteiger charge is -2.12. The van der Waals surface area contributed by atoms with Crippen molar-refractivity contribution >= 4 is 0 Å². The van der Waals surface area contributed by atoms with E-state index < -0.39 is 0 Å². The maximum atomic E-state index is 9.40. The predicted molar refractivity (Wildman–Crippen MR) is 76.9 cm³/mol. The second-order valence-electron chi connectivity index (χ2n) is 4.33. The number of ether oxygens (including phenoxy) is 2. The van der Waals surface area contributed by atoms with Crippen molar-refractivity contribution < 1.29 is 14.6 Å². The second kappa shape index (κ2) is 9.64. The monoisotopic (exact) mass is 267 g/mol. The van der Waals surface area contributed by atoms with Gasteiger partial charge >= 0.3 is 0 Å². The molecule has 0 heterocycles. The Morgan fingerprint density at radius 3 is 2.42 bits per heavy atom. The molecule has 1 atom stereocenters. The van der Waals surface area contributed by atoms with E-state index in [-0.39, 0.29) is 6.10 Å². The minimum Gasteiger partial charge on any atom is -0.490 e. The van der Waals surface area contributed by atoms with E-state index in [1.54, 1.807) is 0 Å². The smallest absolute Gasteiger partial charge is 0.161 e. The van der Waals surface area contributed by atoms with Gasteiger partial charge in [0.15, 0.2) is 11.5 Å². The summed E-state index contributed by atoms with van der Waals surface area (Å²) in [6.45, 7) is 6.73. The lowest BCUT2D eigenvalue weighted by Crippen LogP contribution is -2.25. The molecule has 0 saturated heterocycles. The molecule has 0 fully saturated rings. The van der Waals surface area contributed by atoms with E-state index >= 15 is 0 Å². The first-order chi connectivity index (χ1) is 9.27. The van der Waals surface area contributed by atoms with Gasteiger partial charge in [-0.25, -0.2) is 0 Å². The Labute approximate surface area is 115 Å². The SMILES string of the molecule is CCOc1ccccc1OCCNCCC(O)CC. The first-order valence-corrected chi connectivity index (χ1v) is 7.01. The van der Waals surface area contributed by atoms with Crippen molar-refractivity contribution in [3.8, 4) is 11.5 Å². The van der Waals surface area contributed by atoms with Crippen LogP contribution in [0, 0.1) is 0 Å². The van der Waals surface area contributed by atoms with Crippen LogP contribution in [0.15, 0.2) is 24.3 Å². The van der Waals surface area contributed by atoms with Crippen LogP contribution < -0.4 is 14.8 Å². The van der Waals surface area contributed by atoms with Crippen LogP contribution in [0.5, 0.6) is 11.5 Å². The van der Waals surface area contributed by atoms with Gasteiger partial charge in [-0.15, -0.1) is 0 Å². The summed E-state index contributed by atoms with van der Waals surface area (Å²) in [7, 11) is 0. The highest BCUT2D eigenvalue weighted by Crippen LogP contribution is 2.25. The summed E-state index contributed by atoms with van der Waals surface area (Å²) in [6.07, 6.45) is 1.39. The number of aliphatic hydroxyl groups is 1. The van der Waals surface area contributed by atoms with Crippen LogP contribution in [-0.4, -0.2) is 37.5 Å². The van der Waals surface area contributed by atoms with E-state index in [9.17, 15) is 5.11 Å². The first-order valence-electron chi connectivity index (χ1n) is 7.01. The fourth-order valence-corrected chi connectivity index (χ4v) is 1.68. The zero-order chi connectivity index (χ0) is 13.9. The normalized spacial score (nSPS) is 12.2. The van der Waals surface area contributed by atoms with E-state index in [1.807, 2.05) is 38.1 Å². The Morgan fingerprint density at radius 2 is 1.79 bits per heavy atom. The largest absolute Gasteiger partial charge is 0.490 e. The van der Waals surface area contributed by atoms with Gasteiger partial charge in [0.2, 0.25) is 0 Å². The molecule has 0 aliphatic rings. The maximum absolute atomic E-state index is 9.40. The molecule has 4 nitrogen and oxygen atoms in total. The molecule has 1 aromatic carbocycles. The van der Waals surface area contributed by atoms with Gasteiger partial charge in [0.05, 0.1) is 12.7 Å². The fraction of sp³-hybridized carbons (Fsp3) is 0.600. The zero-order valence-electron chi connectivity index (χ0n) is 11.9.